The Hall–Kier alpha value is -1.96. The van der Waals surface area contributed by atoms with Crippen molar-refractivity contribution < 1.29 is 9.90 Å². The molecule has 54 valence electrons. The van der Waals surface area contributed by atoms with Crippen LogP contribution < -0.4 is 0 Å². The number of aromatic nitrogens is 2. The van der Waals surface area contributed by atoms with Gasteiger partial charge in [-0.25, -0.2) is 14.8 Å². The lowest BCUT2D eigenvalue weighted by molar-refractivity contribution is 0.0683. The molecule has 1 N–H and O–H groups in total. The largest absolute Gasteiger partial charge is 0.475 e. The predicted molar refractivity (Wildman–Crippen MR) is 33.7 cm³/mol. The molecule has 5 nitrogen and oxygen atoms in total. The van der Waals surface area contributed by atoms with E-state index in [4.69, 9.17) is 10.4 Å². The summed E-state index contributed by atoms with van der Waals surface area (Å²) in [6.45, 7) is 0. The Kier molecular flexibility index (Phi) is 1.79. The van der Waals surface area contributed by atoms with Crippen LogP contribution in [-0.2, 0) is 0 Å². The number of carboxylic acids is 1. The van der Waals surface area contributed by atoms with E-state index < -0.39 is 5.97 Å². The summed E-state index contributed by atoms with van der Waals surface area (Å²) in [7, 11) is 0. The molecule has 0 amide bonds. The molecule has 0 aliphatic carbocycles. The summed E-state index contributed by atoms with van der Waals surface area (Å²) >= 11 is 0. The monoisotopic (exact) mass is 149 g/mol. The fraction of sp³-hybridized carbons (Fsp3) is 0. The number of hydrogen-bond acceptors (Lipinski definition) is 4. The summed E-state index contributed by atoms with van der Waals surface area (Å²) in [6, 6.07) is 3.05. The molecule has 0 atom stereocenters. The molecule has 0 saturated carbocycles. The molecule has 0 aromatic carbocycles. The average molecular weight is 149 g/mol. The van der Waals surface area contributed by atoms with Crippen LogP contribution in [0.3, 0.4) is 0 Å². The van der Waals surface area contributed by atoms with Crippen LogP contribution in [0.2, 0.25) is 0 Å². The molecule has 1 heterocycles. The normalized spacial score (nSPS) is 8.64. The Morgan fingerprint density at radius 1 is 1.73 bits per heavy atom. The van der Waals surface area contributed by atoms with E-state index in [-0.39, 0.29) is 11.5 Å². The highest BCUT2D eigenvalue weighted by atomic mass is 16.4. The lowest BCUT2D eigenvalue weighted by Gasteiger charge is -1.90. The summed E-state index contributed by atoms with van der Waals surface area (Å²) in [6.07, 6.45) is 1.23. The van der Waals surface area contributed by atoms with E-state index in [1.165, 1.54) is 12.3 Å². The van der Waals surface area contributed by atoms with Crippen LogP contribution in [0.25, 0.3) is 0 Å². The molecule has 0 unspecified atom stereocenters. The number of hydrogen-bond donors (Lipinski definition) is 1. The first kappa shape index (κ1) is 7.15. The van der Waals surface area contributed by atoms with Gasteiger partial charge < -0.3 is 5.11 Å². The minimum atomic E-state index is -1.23. The van der Waals surface area contributed by atoms with Gasteiger partial charge in [0.25, 0.3) is 0 Å². The second kappa shape index (κ2) is 2.75. The summed E-state index contributed by atoms with van der Waals surface area (Å²) in [5.41, 5.74) is 0.0531. The van der Waals surface area contributed by atoms with Crippen molar-refractivity contribution in [2.24, 2.45) is 0 Å². The van der Waals surface area contributed by atoms with Crippen LogP contribution in [0.15, 0.2) is 12.3 Å². The highest BCUT2D eigenvalue weighted by Gasteiger charge is 2.05. The summed E-state index contributed by atoms with van der Waals surface area (Å²) in [5.74, 6) is -1.59. The highest BCUT2D eigenvalue weighted by Crippen LogP contribution is 1.92. The predicted octanol–water partition coefficient (Wildman–Crippen LogP) is 0.0465. The smallest absolute Gasteiger partial charge is 0.373 e. The van der Waals surface area contributed by atoms with E-state index in [2.05, 4.69) is 9.97 Å². The van der Waals surface area contributed by atoms with Gasteiger partial charge in [-0.15, -0.1) is 0 Å². The van der Waals surface area contributed by atoms with Crippen LogP contribution in [0.5, 0.6) is 0 Å². The van der Waals surface area contributed by atoms with Crippen molar-refractivity contribution in [2.45, 2.75) is 0 Å². The van der Waals surface area contributed by atoms with E-state index in [0.29, 0.717) is 0 Å². The van der Waals surface area contributed by atoms with Crippen LogP contribution in [0.4, 0.5) is 0 Å². The van der Waals surface area contributed by atoms with Crippen molar-refractivity contribution in [1.82, 2.24) is 9.97 Å². The molecular weight excluding hydrogens is 146 g/mol. The summed E-state index contributed by atoms with van der Waals surface area (Å²) < 4.78 is 0. The molecular formula is C6H3N3O2. The van der Waals surface area contributed by atoms with E-state index in [1.54, 1.807) is 6.07 Å². The molecule has 1 aromatic heterocycles. The SMILES string of the molecule is N#Cc1ccnc(C(=O)O)n1. The van der Waals surface area contributed by atoms with Gasteiger partial charge in [-0.2, -0.15) is 5.26 Å². The molecule has 0 fully saturated rings. The first-order valence-electron chi connectivity index (χ1n) is 2.70. The number of carbonyl (C=O) groups is 1. The summed E-state index contributed by atoms with van der Waals surface area (Å²) in [5, 5.41) is 16.7. The third kappa shape index (κ3) is 1.49. The van der Waals surface area contributed by atoms with Gasteiger partial charge in [-0.1, -0.05) is 0 Å². The Morgan fingerprint density at radius 3 is 3.00 bits per heavy atom. The average Bonchev–Trinajstić information content (AvgIpc) is 2.05. The van der Waals surface area contributed by atoms with Crippen molar-refractivity contribution in [3.63, 3.8) is 0 Å². The van der Waals surface area contributed by atoms with Crippen molar-refractivity contribution in [3.05, 3.63) is 23.8 Å². The van der Waals surface area contributed by atoms with Gasteiger partial charge in [0, 0.05) is 6.20 Å². The van der Waals surface area contributed by atoms with Crippen LogP contribution in [0.1, 0.15) is 16.3 Å². The lowest BCUT2D eigenvalue weighted by Crippen LogP contribution is -2.04. The van der Waals surface area contributed by atoms with Crippen molar-refractivity contribution >= 4 is 5.97 Å². The van der Waals surface area contributed by atoms with Crippen LogP contribution >= 0.6 is 0 Å². The highest BCUT2D eigenvalue weighted by molar-refractivity contribution is 5.83. The topological polar surface area (TPSA) is 86.9 Å². The maximum absolute atomic E-state index is 10.2. The Bertz CT molecular complexity index is 329. The molecule has 0 aliphatic heterocycles. The maximum Gasteiger partial charge on any atom is 0.373 e. The number of aromatic carboxylic acids is 1. The zero-order valence-corrected chi connectivity index (χ0v) is 5.35. The van der Waals surface area contributed by atoms with E-state index in [9.17, 15) is 4.79 Å². The zero-order valence-electron chi connectivity index (χ0n) is 5.35. The molecule has 0 spiro atoms. The first-order valence-corrected chi connectivity index (χ1v) is 2.70. The minimum Gasteiger partial charge on any atom is -0.475 e. The first-order chi connectivity index (χ1) is 5.24. The molecule has 11 heavy (non-hydrogen) atoms. The second-order valence-corrected chi connectivity index (χ2v) is 1.68. The van der Waals surface area contributed by atoms with E-state index in [1.807, 2.05) is 0 Å². The van der Waals surface area contributed by atoms with Gasteiger partial charge in [-0.05, 0) is 6.07 Å². The van der Waals surface area contributed by atoms with Crippen molar-refractivity contribution in [1.29, 1.82) is 5.26 Å². The van der Waals surface area contributed by atoms with Gasteiger partial charge in [0.15, 0.2) is 0 Å². The standard InChI is InChI=1S/C6H3N3O2/c7-3-4-1-2-8-5(9-4)6(10)11/h1-2H,(H,10,11). The molecule has 1 rings (SSSR count). The quantitative estimate of drug-likeness (QED) is 0.609. The molecule has 0 saturated heterocycles. The fourth-order valence-electron chi connectivity index (χ4n) is 0.524. The van der Waals surface area contributed by atoms with Crippen LogP contribution in [-0.4, -0.2) is 21.0 Å². The molecule has 0 bridgehead atoms. The Balaban J connectivity index is 3.13. The molecule has 0 radical (unpaired) electrons. The van der Waals surface area contributed by atoms with Crippen molar-refractivity contribution in [2.75, 3.05) is 0 Å². The van der Waals surface area contributed by atoms with Gasteiger partial charge >= 0.3 is 5.97 Å². The number of nitrogens with zero attached hydrogens (tertiary/aromatic N) is 3. The zero-order chi connectivity index (χ0) is 8.27. The molecule has 0 aliphatic rings. The number of carboxylic acid groups (broad SMARTS) is 1. The number of rotatable bonds is 1. The number of nitriles is 1. The Labute approximate surface area is 61.9 Å². The second-order valence-electron chi connectivity index (χ2n) is 1.68. The maximum atomic E-state index is 10.2. The Morgan fingerprint density at radius 2 is 2.45 bits per heavy atom. The third-order valence-corrected chi connectivity index (χ3v) is 0.961. The van der Waals surface area contributed by atoms with Gasteiger partial charge in [0.2, 0.25) is 5.82 Å². The molecule has 1 aromatic rings. The van der Waals surface area contributed by atoms with Gasteiger partial charge in [-0.3, -0.25) is 0 Å². The third-order valence-electron chi connectivity index (χ3n) is 0.961. The van der Waals surface area contributed by atoms with E-state index >= 15 is 0 Å². The van der Waals surface area contributed by atoms with Gasteiger partial charge in [0.05, 0.1) is 0 Å². The lowest BCUT2D eigenvalue weighted by atomic mass is 10.4. The minimum absolute atomic E-state index is 0.0531. The van der Waals surface area contributed by atoms with Crippen molar-refractivity contribution in [3.8, 4) is 6.07 Å². The molecule has 5 heteroatoms. The van der Waals surface area contributed by atoms with Gasteiger partial charge in [0.1, 0.15) is 11.8 Å². The summed E-state index contributed by atoms with van der Waals surface area (Å²) in [4.78, 5) is 17.1. The van der Waals surface area contributed by atoms with E-state index in [0.717, 1.165) is 0 Å². The van der Waals surface area contributed by atoms with Crippen LogP contribution in [0, 0.1) is 11.3 Å². The fourth-order valence-corrected chi connectivity index (χ4v) is 0.524.